The van der Waals surface area contributed by atoms with E-state index < -0.39 is 0 Å². The van der Waals surface area contributed by atoms with Gasteiger partial charge in [0.2, 0.25) is 0 Å². The van der Waals surface area contributed by atoms with E-state index in [-0.39, 0.29) is 11.9 Å². The summed E-state index contributed by atoms with van der Waals surface area (Å²) in [5, 5.41) is 10.2. The summed E-state index contributed by atoms with van der Waals surface area (Å²) in [4.78, 5) is 20.4. The Morgan fingerprint density at radius 2 is 2.24 bits per heavy atom. The van der Waals surface area contributed by atoms with Crippen LogP contribution in [0, 0.1) is 0 Å². The van der Waals surface area contributed by atoms with Crippen molar-refractivity contribution in [1.82, 2.24) is 15.3 Å². The molecule has 2 heterocycles. The van der Waals surface area contributed by atoms with Crippen molar-refractivity contribution in [3.8, 4) is 0 Å². The first-order chi connectivity index (χ1) is 10.2. The molecule has 0 spiro atoms. The van der Waals surface area contributed by atoms with Gasteiger partial charge in [0.15, 0.2) is 0 Å². The second-order valence-corrected chi connectivity index (χ2v) is 5.70. The van der Waals surface area contributed by atoms with E-state index in [9.17, 15) is 4.79 Å². The maximum atomic E-state index is 12.1. The summed E-state index contributed by atoms with van der Waals surface area (Å²) in [5.74, 6) is 0.506. The van der Waals surface area contributed by atoms with Crippen molar-refractivity contribution in [1.29, 1.82) is 0 Å². The van der Waals surface area contributed by atoms with Gasteiger partial charge in [0.25, 0.3) is 5.91 Å². The number of carbonyl (C=O) groups excluding carboxylic acids is 1. The molecule has 0 aliphatic heterocycles. The minimum absolute atomic E-state index is 0.0618. The zero-order valence-corrected chi connectivity index (χ0v) is 13.1. The molecule has 2 N–H and O–H groups in total. The molecule has 0 saturated carbocycles. The summed E-state index contributed by atoms with van der Waals surface area (Å²) >= 11 is 1.66. The fourth-order valence-corrected chi connectivity index (χ4v) is 2.58. The standard InChI is InChI=1S/C15H20N4OS/c1-3-5-16-14-9-17-13(8-18-14)15(20)19-11(2)7-12-4-6-21-10-12/h4,6,8-11H,3,5,7H2,1-2H3,(H,16,18)(H,19,20). The number of rotatable bonds is 7. The zero-order chi connectivity index (χ0) is 15.1. The summed E-state index contributed by atoms with van der Waals surface area (Å²) in [7, 11) is 0. The van der Waals surface area contributed by atoms with Gasteiger partial charge >= 0.3 is 0 Å². The van der Waals surface area contributed by atoms with Gasteiger partial charge in [0.05, 0.1) is 12.4 Å². The third-order valence-corrected chi connectivity index (χ3v) is 3.67. The summed E-state index contributed by atoms with van der Waals surface area (Å²) in [5.41, 5.74) is 1.58. The Bertz CT molecular complexity index is 554. The number of amides is 1. The van der Waals surface area contributed by atoms with E-state index in [0.29, 0.717) is 11.5 Å². The molecule has 1 amide bonds. The molecule has 1 unspecified atom stereocenters. The van der Waals surface area contributed by atoms with E-state index >= 15 is 0 Å². The van der Waals surface area contributed by atoms with Gasteiger partial charge in [0, 0.05) is 12.6 Å². The number of nitrogens with zero attached hydrogens (tertiary/aromatic N) is 2. The van der Waals surface area contributed by atoms with Crippen LogP contribution in [0.5, 0.6) is 0 Å². The molecule has 0 aliphatic carbocycles. The third-order valence-electron chi connectivity index (χ3n) is 2.94. The molecule has 6 heteroatoms. The molecule has 2 rings (SSSR count). The first-order valence-corrected chi connectivity index (χ1v) is 8.01. The average Bonchev–Trinajstić information content (AvgIpc) is 2.98. The lowest BCUT2D eigenvalue weighted by Crippen LogP contribution is -2.34. The van der Waals surface area contributed by atoms with Crippen molar-refractivity contribution in [3.63, 3.8) is 0 Å². The lowest BCUT2D eigenvalue weighted by molar-refractivity contribution is 0.0934. The second kappa shape index (κ2) is 7.73. The molecule has 21 heavy (non-hydrogen) atoms. The molecule has 0 aliphatic rings. The first kappa shape index (κ1) is 15.4. The Hall–Kier alpha value is -1.95. The predicted octanol–water partition coefficient (Wildman–Crippen LogP) is 2.72. The largest absolute Gasteiger partial charge is 0.369 e. The lowest BCUT2D eigenvalue weighted by atomic mass is 10.1. The van der Waals surface area contributed by atoms with Gasteiger partial charge < -0.3 is 10.6 Å². The summed E-state index contributed by atoms with van der Waals surface area (Å²) in [6.07, 6.45) is 4.93. The minimum Gasteiger partial charge on any atom is -0.369 e. The van der Waals surface area contributed by atoms with Gasteiger partial charge in [-0.2, -0.15) is 11.3 Å². The Morgan fingerprint density at radius 3 is 2.86 bits per heavy atom. The maximum absolute atomic E-state index is 12.1. The summed E-state index contributed by atoms with van der Waals surface area (Å²) in [6, 6.07) is 2.13. The van der Waals surface area contributed by atoms with Gasteiger partial charge in [0.1, 0.15) is 11.5 Å². The van der Waals surface area contributed by atoms with Gasteiger partial charge in [-0.05, 0) is 42.2 Å². The highest BCUT2D eigenvalue weighted by Crippen LogP contribution is 2.09. The van der Waals surface area contributed by atoms with Crippen LogP contribution in [0.1, 0.15) is 36.3 Å². The average molecular weight is 304 g/mol. The molecule has 112 valence electrons. The highest BCUT2D eigenvalue weighted by atomic mass is 32.1. The van der Waals surface area contributed by atoms with Crippen molar-refractivity contribution in [3.05, 3.63) is 40.5 Å². The topological polar surface area (TPSA) is 66.9 Å². The zero-order valence-electron chi connectivity index (χ0n) is 12.3. The number of nitrogens with one attached hydrogen (secondary N) is 2. The molecular weight excluding hydrogens is 284 g/mol. The van der Waals surface area contributed by atoms with Crippen molar-refractivity contribution >= 4 is 23.1 Å². The van der Waals surface area contributed by atoms with Crippen LogP contribution in [0.25, 0.3) is 0 Å². The third kappa shape index (κ3) is 4.82. The fourth-order valence-electron chi connectivity index (χ4n) is 1.90. The van der Waals surface area contributed by atoms with Crippen LogP contribution in [-0.4, -0.2) is 28.5 Å². The van der Waals surface area contributed by atoms with E-state index in [4.69, 9.17) is 0 Å². The molecule has 0 bridgehead atoms. The maximum Gasteiger partial charge on any atom is 0.271 e. The van der Waals surface area contributed by atoms with Gasteiger partial charge in [-0.15, -0.1) is 0 Å². The van der Waals surface area contributed by atoms with Crippen molar-refractivity contribution in [2.75, 3.05) is 11.9 Å². The Morgan fingerprint density at radius 1 is 1.38 bits per heavy atom. The van der Waals surface area contributed by atoms with Crippen LogP contribution < -0.4 is 10.6 Å². The minimum atomic E-state index is -0.188. The van der Waals surface area contributed by atoms with Gasteiger partial charge in [-0.3, -0.25) is 4.79 Å². The van der Waals surface area contributed by atoms with E-state index in [1.54, 1.807) is 17.5 Å². The molecule has 0 aromatic carbocycles. The highest BCUT2D eigenvalue weighted by molar-refractivity contribution is 7.07. The molecule has 0 fully saturated rings. The smallest absolute Gasteiger partial charge is 0.271 e. The van der Waals surface area contributed by atoms with Crippen LogP contribution >= 0.6 is 11.3 Å². The SMILES string of the molecule is CCCNc1cnc(C(=O)NC(C)Cc2ccsc2)cn1. The lowest BCUT2D eigenvalue weighted by Gasteiger charge is -2.12. The van der Waals surface area contributed by atoms with E-state index in [0.717, 1.165) is 19.4 Å². The Kier molecular flexibility index (Phi) is 5.68. The van der Waals surface area contributed by atoms with E-state index in [1.165, 1.54) is 11.8 Å². The number of carbonyl (C=O) groups is 1. The number of aromatic nitrogens is 2. The van der Waals surface area contributed by atoms with Crippen LogP contribution in [0.4, 0.5) is 5.82 Å². The number of hydrogen-bond donors (Lipinski definition) is 2. The molecular formula is C15H20N4OS. The Labute approximate surface area is 128 Å². The number of thiophene rings is 1. The van der Waals surface area contributed by atoms with E-state index in [2.05, 4.69) is 39.0 Å². The van der Waals surface area contributed by atoms with E-state index in [1.807, 2.05) is 12.3 Å². The van der Waals surface area contributed by atoms with Crippen LogP contribution in [0.15, 0.2) is 29.2 Å². The first-order valence-electron chi connectivity index (χ1n) is 7.07. The molecule has 5 nitrogen and oxygen atoms in total. The second-order valence-electron chi connectivity index (χ2n) is 4.92. The summed E-state index contributed by atoms with van der Waals surface area (Å²) < 4.78 is 0. The Balaban J connectivity index is 1.87. The van der Waals surface area contributed by atoms with Gasteiger partial charge in [-0.1, -0.05) is 6.92 Å². The van der Waals surface area contributed by atoms with Crippen LogP contribution in [0.2, 0.25) is 0 Å². The van der Waals surface area contributed by atoms with Crippen molar-refractivity contribution < 1.29 is 4.79 Å². The molecule has 1 atom stereocenters. The van der Waals surface area contributed by atoms with Crippen LogP contribution in [-0.2, 0) is 6.42 Å². The normalized spacial score (nSPS) is 11.9. The monoisotopic (exact) mass is 304 g/mol. The fraction of sp³-hybridized carbons (Fsp3) is 0.400. The summed E-state index contributed by atoms with van der Waals surface area (Å²) in [6.45, 7) is 4.91. The highest BCUT2D eigenvalue weighted by Gasteiger charge is 2.12. The molecule has 2 aromatic heterocycles. The van der Waals surface area contributed by atoms with Gasteiger partial charge in [-0.25, -0.2) is 9.97 Å². The molecule has 0 radical (unpaired) electrons. The molecule has 2 aromatic rings. The quantitative estimate of drug-likeness (QED) is 0.825. The van der Waals surface area contributed by atoms with Crippen molar-refractivity contribution in [2.45, 2.75) is 32.7 Å². The molecule has 0 saturated heterocycles. The van der Waals surface area contributed by atoms with Crippen LogP contribution in [0.3, 0.4) is 0 Å². The number of hydrogen-bond acceptors (Lipinski definition) is 5. The predicted molar refractivity (Wildman–Crippen MR) is 85.8 cm³/mol. The van der Waals surface area contributed by atoms with Crippen molar-refractivity contribution in [2.24, 2.45) is 0 Å². The number of anilines is 1.